The SMILES string of the molecule is [K+].[S-]c1nc2ccccc2c2nc(-c3ccoc3)nn12. The van der Waals surface area contributed by atoms with Crippen LogP contribution in [-0.2, 0) is 12.6 Å². The molecule has 0 aliphatic heterocycles. The zero-order valence-corrected chi connectivity index (χ0v) is 14.6. The van der Waals surface area contributed by atoms with Gasteiger partial charge in [0, 0.05) is 10.5 Å². The molecule has 0 aliphatic carbocycles. The van der Waals surface area contributed by atoms with E-state index >= 15 is 0 Å². The molecule has 0 saturated carbocycles. The van der Waals surface area contributed by atoms with Gasteiger partial charge in [-0.05, 0) is 18.2 Å². The molecule has 1 aromatic carbocycles. The Morgan fingerprint density at radius 1 is 1.10 bits per heavy atom. The smallest absolute Gasteiger partial charge is 0.740 e. The van der Waals surface area contributed by atoms with Gasteiger partial charge in [0.2, 0.25) is 0 Å². The first-order valence-electron chi connectivity index (χ1n) is 5.68. The Hall–Kier alpha value is -0.834. The standard InChI is InChI=1S/C13H8N4OS.K/c19-13-14-10-4-2-1-3-9(10)12-15-11(16-17(12)13)8-5-6-18-7-8;/h1-7H,(H,14,19);/q;+1/p-1. The summed E-state index contributed by atoms with van der Waals surface area (Å²) < 4.78 is 6.64. The number of hydrogen-bond acceptors (Lipinski definition) is 5. The van der Waals surface area contributed by atoms with Crippen molar-refractivity contribution in [3.63, 3.8) is 0 Å². The van der Waals surface area contributed by atoms with Crippen molar-refractivity contribution in [1.82, 2.24) is 19.6 Å². The molecule has 0 saturated heterocycles. The first kappa shape index (κ1) is 14.1. The van der Waals surface area contributed by atoms with Gasteiger partial charge in [-0.2, -0.15) is 0 Å². The molecule has 0 unspecified atom stereocenters. The van der Waals surface area contributed by atoms with E-state index in [-0.39, 0.29) is 51.4 Å². The summed E-state index contributed by atoms with van der Waals surface area (Å²) in [5, 5.41) is 5.71. The van der Waals surface area contributed by atoms with E-state index in [2.05, 4.69) is 15.1 Å². The minimum Gasteiger partial charge on any atom is -0.740 e. The fourth-order valence-electron chi connectivity index (χ4n) is 2.04. The summed E-state index contributed by atoms with van der Waals surface area (Å²) in [6.45, 7) is 0. The fourth-order valence-corrected chi connectivity index (χ4v) is 2.27. The summed E-state index contributed by atoms with van der Waals surface area (Å²) in [6.07, 6.45) is 3.19. The summed E-state index contributed by atoms with van der Waals surface area (Å²) in [6, 6.07) is 9.55. The van der Waals surface area contributed by atoms with Crippen LogP contribution >= 0.6 is 0 Å². The first-order chi connectivity index (χ1) is 9.33. The van der Waals surface area contributed by atoms with E-state index in [1.807, 2.05) is 30.3 Å². The van der Waals surface area contributed by atoms with Crippen LogP contribution in [-0.4, -0.2) is 19.6 Å². The maximum Gasteiger partial charge on any atom is 1.00 e. The minimum absolute atomic E-state index is 0. The van der Waals surface area contributed by atoms with Crippen LogP contribution in [0.4, 0.5) is 0 Å². The van der Waals surface area contributed by atoms with E-state index in [9.17, 15) is 0 Å². The van der Waals surface area contributed by atoms with Gasteiger partial charge < -0.3 is 17.0 Å². The quantitative estimate of drug-likeness (QED) is 0.268. The molecule has 20 heavy (non-hydrogen) atoms. The van der Waals surface area contributed by atoms with Crippen LogP contribution in [0.15, 0.2) is 52.4 Å². The molecule has 0 amide bonds. The van der Waals surface area contributed by atoms with E-state index in [1.54, 1.807) is 17.0 Å². The average Bonchev–Trinajstić information content (AvgIpc) is 3.08. The molecule has 5 nitrogen and oxygen atoms in total. The molecule has 3 aromatic heterocycles. The molecule has 0 atom stereocenters. The van der Waals surface area contributed by atoms with Crippen molar-refractivity contribution in [1.29, 1.82) is 0 Å². The maximum atomic E-state index is 5.25. The van der Waals surface area contributed by atoms with E-state index in [0.29, 0.717) is 16.6 Å². The predicted octanol–water partition coefficient (Wildman–Crippen LogP) is -0.553. The zero-order chi connectivity index (χ0) is 12.8. The van der Waals surface area contributed by atoms with Crippen LogP contribution in [0.1, 0.15) is 0 Å². The van der Waals surface area contributed by atoms with Crippen LogP contribution in [0.3, 0.4) is 0 Å². The molecule has 0 radical (unpaired) electrons. The van der Waals surface area contributed by atoms with Gasteiger partial charge in [-0.25, -0.2) is 9.50 Å². The minimum atomic E-state index is 0. The first-order valence-corrected chi connectivity index (χ1v) is 6.09. The summed E-state index contributed by atoms with van der Waals surface area (Å²) >= 11 is 5.25. The molecule has 92 valence electrons. The Bertz CT molecular complexity index is 888. The van der Waals surface area contributed by atoms with Crippen LogP contribution < -0.4 is 51.4 Å². The van der Waals surface area contributed by atoms with Gasteiger partial charge in [0.1, 0.15) is 6.26 Å². The third-order valence-electron chi connectivity index (χ3n) is 2.93. The Labute approximate surface area is 162 Å². The number of hydrogen-bond donors (Lipinski definition) is 0. The number of rotatable bonds is 1. The van der Waals surface area contributed by atoms with E-state index in [1.165, 1.54) is 0 Å². The number of nitrogens with zero attached hydrogens (tertiary/aromatic N) is 4. The van der Waals surface area contributed by atoms with Gasteiger partial charge in [0.05, 0.1) is 17.3 Å². The molecule has 0 N–H and O–H groups in total. The molecule has 0 bridgehead atoms. The largest absolute Gasteiger partial charge is 1.00 e. The molecular weight excluding hydrogens is 299 g/mol. The number of furan rings is 1. The van der Waals surface area contributed by atoms with Crippen molar-refractivity contribution < 1.29 is 55.8 Å². The van der Waals surface area contributed by atoms with Crippen molar-refractivity contribution in [2.75, 3.05) is 0 Å². The summed E-state index contributed by atoms with van der Waals surface area (Å²) in [5.41, 5.74) is 2.36. The van der Waals surface area contributed by atoms with Gasteiger partial charge in [-0.3, -0.25) is 4.98 Å². The van der Waals surface area contributed by atoms with Gasteiger partial charge in [0.25, 0.3) is 0 Å². The van der Waals surface area contributed by atoms with Gasteiger partial charge in [-0.1, -0.05) is 12.1 Å². The van der Waals surface area contributed by atoms with Crippen molar-refractivity contribution in [2.24, 2.45) is 0 Å². The van der Waals surface area contributed by atoms with E-state index in [4.69, 9.17) is 17.0 Å². The molecule has 0 aliphatic rings. The Morgan fingerprint density at radius 2 is 1.95 bits per heavy atom. The van der Waals surface area contributed by atoms with Crippen molar-refractivity contribution in [2.45, 2.75) is 5.16 Å². The summed E-state index contributed by atoms with van der Waals surface area (Å²) in [7, 11) is 0. The predicted molar refractivity (Wildman–Crippen MR) is 71.6 cm³/mol. The third kappa shape index (κ3) is 2.20. The van der Waals surface area contributed by atoms with Crippen LogP contribution in [0.2, 0.25) is 0 Å². The molecule has 4 aromatic rings. The molecular formula is C13H7KN4OS. The Morgan fingerprint density at radius 3 is 2.75 bits per heavy atom. The molecule has 3 heterocycles. The van der Waals surface area contributed by atoms with E-state index in [0.717, 1.165) is 16.5 Å². The number of aromatic nitrogens is 4. The number of para-hydroxylation sites is 1. The second kappa shape index (κ2) is 5.51. The third-order valence-corrected chi connectivity index (χ3v) is 3.19. The van der Waals surface area contributed by atoms with Crippen LogP contribution in [0, 0.1) is 0 Å². The molecule has 0 spiro atoms. The van der Waals surface area contributed by atoms with Crippen molar-refractivity contribution >= 4 is 29.2 Å². The molecule has 7 heteroatoms. The maximum absolute atomic E-state index is 5.25. The zero-order valence-electron chi connectivity index (χ0n) is 10.6. The molecule has 4 rings (SSSR count). The number of benzene rings is 1. The summed E-state index contributed by atoms with van der Waals surface area (Å²) in [4.78, 5) is 8.88. The molecule has 0 fully saturated rings. The van der Waals surface area contributed by atoms with Crippen LogP contribution in [0.25, 0.3) is 27.9 Å². The van der Waals surface area contributed by atoms with E-state index < -0.39 is 0 Å². The summed E-state index contributed by atoms with van der Waals surface area (Å²) in [5.74, 6) is 0.581. The fraction of sp³-hybridized carbons (Fsp3) is 0. The average molecular weight is 306 g/mol. The second-order valence-corrected chi connectivity index (χ2v) is 4.46. The normalized spacial score (nSPS) is 10.8. The van der Waals surface area contributed by atoms with Crippen LogP contribution in [0.5, 0.6) is 0 Å². The Balaban J connectivity index is 0.00000121. The van der Waals surface area contributed by atoms with Gasteiger partial charge >= 0.3 is 51.4 Å². The topological polar surface area (TPSA) is 56.2 Å². The van der Waals surface area contributed by atoms with Gasteiger partial charge in [-0.15, -0.1) is 5.10 Å². The monoisotopic (exact) mass is 306 g/mol. The van der Waals surface area contributed by atoms with Crippen molar-refractivity contribution in [3.8, 4) is 11.4 Å². The second-order valence-electron chi connectivity index (χ2n) is 4.09. The number of fused-ring (bicyclic) bond motifs is 3. The Kier molecular flexibility index (Phi) is 3.89. The van der Waals surface area contributed by atoms with Gasteiger partial charge in [0.15, 0.2) is 11.5 Å². The van der Waals surface area contributed by atoms with Crippen molar-refractivity contribution in [3.05, 3.63) is 42.9 Å².